The average Bonchev–Trinajstić information content (AvgIpc) is 2.82. The minimum atomic E-state index is 0.687. The SMILES string of the molecule is Cc1ccc(Nc2ccnc3ccnn23)c(Cl)c1. The smallest absolute Gasteiger partial charge is 0.157 e. The van der Waals surface area contributed by atoms with E-state index in [4.69, 9.17) is 11.6 Å². The van der Waals surface area contributed by atoms with Crippen molar-refractivity contribution in [1.82, 2.24) is 14.6 Å². The Balaban J connectivity index is 2.03. The molecule has 2 aromatic heterocycles. The van der Waals surface area contributed by atoms with Gasteiger partial charge in [-0.25, -0.2) is 4.98 Å². The molecule has 1 aromatic carbocycles. The van der Waals surface area contributed by atoms with E-state index in [1.807, 2.05) is 37.3 Å². The Morgan fingerprint density at radius 1 is 1.17 bits per heavy atom. The van der Waals surface area contributed by atoms with Crippen LogP contribution in [0.15, 0.2) is 42.7 Å². The molecule has 3 rings (SSSR count). The highest BCUT2D eigenvalue weighted by Gasteiger charge is 2.05. The Labute approximate surface area is 109 Å². The Morgan fingerprint density at radius 2 is 2.06 bits per heavy atom. The van der Waals surface area contributed by atoms with Crippen LogP contribution in [-0.4, -0.2) is 14.6 Å². The van der Waals surface area contributed by atoms with Crippen molar-refractivity contribution in [3.63, 3.8) is 0 Å². The first-order valence-electron chi connectivity index (χ1n) is 5.56. The summed E-state index contributed by atoms with van der Waals surface area (Å²) in [7, 11) is 0. The van der Waals surface area contributed by atoms with Crippen molar-refractivity contribution < 1.29 is 0 Å². The van der Waals surface area contributed by atoms with Gasteiger partial charge in [-0.3, -0.25) is 0 Å². The van der Waals surface area contributed by atoms with Crippen molar-refractivity contribution in [3.8, 4) is 0 Å². The Bertz CT molecular complexity index is 705. The molecular formula is C13H11ClN4. The molecule has 0 unspecified atom stereocenters. The monoisotopic (exact) mass is 258 g/mol. The Hall–Kier alpha value is -2.07. The van der Waals surface area contributed by atoms with Crippen LogP contribution in [0.4, 0.5) is 11.5 Å². The molecular weight excluding hydrogens is 248 g/mol. The first kappa shape index (κ1) is 11.0. The van der Waals surface area contributed by atoms with Gasteiger partial charge in [-0.2, -0.15) is 9.61 Å². The molecule has 0 atom stereocenters. The summed E-state index contributed by atoms with van der Waals surface area (Å²) in [5.74, 6) is 0.829. The third kappa shape index (κ3) is 1.91. The van der Waals surface area contributed by atoms with Gasteiger partial charge < -0.3 is 5.32 Å². The summed E-state index contributed by atoms with van der Waals surface area (Å²) >= 11 is 6.20. The molecule has 0 amide bonds. The second-order valence-corrected chi connectivity index (χ2v) is 4.45. The number of halogens is 1. The van der Waals surface area contributed by atoms with Gasteiger partial charge in [0, 0.05) is 12.3 Å². The van der Waals surface area contributed by atoms with Crippen LogP contribution in [-0.2, 0) is 0 Å². The summed E-state index contributed by atoms with van der Waals surface area (Å²) in [5, 5.41) is 8.15. The lowest BCUT2D eigenvalue weighted by atomic mass is 10.2. The van der Waals surface area contributed by atoms with Crippen LogP contribution in [0.5, 0.6) is 0 Å². The zero-order chi connectivity index (χ0) is 12.5. The first-order valence-corrected chi connectivity index (χ1v) is 5.94. The summed E-state index contributed by atoms with van der Waals surface area (Å²) in [6.45, 7) is 2.01. The molecule has 3 aromatic rings. The molecule has 0 saturated heterocycles. The Kier molecular flexibility index (Phi) is 2.64. The standard InChI is InChI=1S/C13H11ClN4/c1-9-2-3-11(10(14)8-9)17-13-4-6-15-12-5-7-16-18(12)13/h2-8,17H,1H3. The molecule has 0 radical (unpaired) electrons. The molecule has 0 fully saturated rings. The lowest BCUT2D eigenvalue weighted by Gasteiger charge is -2.10. The molecule has 0 aliphatic rings. The molecule has 18 heavy (non-hydrogen) atoms. The first-order chi connectivity index (χ1) is 8.74. The summed E-state index contributed by atoms with van der Waals surface area (Å²) in [4.78, 5) is 4.21. The fourth-order valence-corrected chi connectivity index (χ4v) is 2.07. The van der Waals surface area contributed by atoms with E-state index in [1.165, 1.54) is 0 Å². The van der Waals surface area contributed by atoms with E-state index < -0.39 is 0 Å². The van der Waals surface area contributed by atoms with Crippen molar-refractivity contribution >= 4 is 28.8 Å². The lowest BCUT2D eigenvalue weighted by molar-refractivity contribution is 0.947. The van der Waals surface area contributed by atoms with Crippen LogP contribution in [0.25, 0.3) is 5.65 Å². The van der Waals surface area contributed by atoms with Crippen molar-refractivity contribution in [3.05, 3.63) is 53.3 Å². The van der Waals surface area contributed by atoms with E-state index in [9.17, 15) is 0 Å². The predicted octanol–water partition coefficient (Wildman–Crippen LogP) is 3.43. The fourth-order valence-electron chi connectivity index (χ4n) is 1.79. The number of anilines is 2. The molecule has 1 N–H and O–H groups in total. The predicted molar refractivity (Wildman–Crippen MR) is 72.5 cm³/mol. The van der Waals surface area contributed by atoms with Gasteiger partial charge >= 0.3 is 0 Å². The largest absolute Gasteiger partial charge is 0.339 e. The van der Waals surface area contributed by atoms with E-state index in [0.717, 1.165) is 22.7 Å². The van der Waals surface area contributed by atoms with E-state index in [0.29, 0.717) is 5.02 Å². The van der Waals surface area contributed by atoms with Crippen LogP contribution in [0.2, 0.25) is 5.02 Å². The zero-order valence-corrected chi connectivity index (χ0v) is 10.5. The molecule has 4 nitrogen and oxygen atoms in total. The molecule has 0 aliphatic carbocycles. The number of aromatic nitrogens is 3. The number of hydrogen-bond donors (Lipinski definition) is 1. The highest BCUT2D eigenvalue weighted by Crippen LogP contribution is 2.26. The van der Waals surface area contributed by atoms with E-state index in [-0.39, 0.29) is 0 Å². The fraction of sp³-hybridized carbons (Fsp3) is 0.0769. The average molecular weight is 259 g/mol. The molecule has 5 heteroatoms. The molecule has 0 aliphatic heterocycles. The number of hydrogen-bond acceptors (Lipinski definition) is 3. The topological polar surface area (TPSA) is 42.2 Å². The van der Waals surface area contributed by atoms with Crippen molar-refractivity contribution in [1.29, 1.82) is 0 Å². The van der Waals surface area contributed by atoms with Crippen molar-refractivity contribution in [2.45, 2.75) is 6.92 Å². The number of rotatable bonds is 2. The Morgan fingerprint density at radius 3 is 2.89 bits per heavy atom. The number of fused-ring (bicyclic) bond motifs is 1. The number of aryl methyl sites for hydroxylation is 1. The molecule has 90 valence electrons. The van der Waals surface area contributed by atoms with Crippen LogP contribution < -0.4 is 5.32 Å². The molecule has 0 saturated carbocycles. The number of nitrogens with one attached hydrogen (secondary N) is 1. The molecule has 2 heterocycles. The van der Waals surface area contributed by atoms with Crippen LogP contribution in [0.3, 0.4) is 0 Å². The third-order valence-corrected chi connectivity index (χ3v) is 2.99. The van der Waals surface area contributed by atoms with E-state index in [1.54, 1.807) is 16.9 Å². The minimum Gasteiger partial charge on any atom is -0.339 e. The van der Waals surface area contributed by atoms with Gasteiger partial charge in [0.15, 0.2) is 5.65 Å². The van der Waals surface area contributed by atoms with Crippen molar-refractivity contribution in [2.24, 2.45) is 0 Å². The quantitative estimate of drug-likeness (QED) is 0.766. The van der Waals surface area contributed by atoms with E-state index in [2.05, 4.69) is 15.4 Å². The van der Waals surface area contributed by atoms with Gasteiger partial charge in [-0.15, -0.1) is 0 Å². The molecule has 0 spiro atoms. The van der Waals surface area contributed by atoms with E-state index >= 15 is 0 Å². The summed E-state index contributed by atoms with van der Waals surface area (Å²) in [6, 6.07) is 9.59. The summed E-state index contributed by atoms with van der Waals surface area (Å²) in [6.07, 6.45) is 3.45. The molecule has 0 bridgehead atoms. The van der Waals surface area contributed by atoms with Gasteiger partial charge in [0.1, 0.15) is 5.82 Å². The van der Waals surface area contributed by atoms with Crippen LogP contribution in [0, 0.1) is 6.92 Å². The highest BCUT2D eigenvalue weighted by atomic mass is 35.5. The summed E-state index contributed by atoms with van der Waals surface area (Å²) in [5.41, 5.74) is 2.78. The van der Waals surface area contributed by atoms with Crippen LogP contribution in [0.1, 0.15) is 5.56 Å². The van der Waals surface area contributed by atoms with Gasteiger partial charge in [0.25, 0.3) is 0 Å². The number of nitrogens with zero attached hydrogens (tertiary/aromatic N) is 3. The number of benzene rings is 1. The second-order valence-electron chi connectivity index (χ2n) is 4.04. The van der Waals surface area contributed by atoms with Gasteiger partial charge in [-0.05, 0) is 30.7 Å². The lowest BCUT2D eigenvalue weighted by Crippen LogP contribution is -2.00. The maximum atomic E-state index is 6.20. The summed E-state index contributed by atoms with van der Waals surface area (Å²) < 4.78 is 1.73. The van der Waals surface area contributed by atoms with Gasteiger partial charge in [0.05, 0.1) is 16.9 Å². The van der Waals surface area contributed by atoms with Gasteiger partial charge in [-0.1, -0.05) is 17.7 Å². The van der Waals surface area contributed by atoms with Crippen molar-refractivity contribution in [2.75, 3.05) is 5.32 Å². The highest BCUT2D eigenvalue weighted by molar-refractivity contribution is 6.33. The van der Waals surface area contributed by atoms with Gasteiger partial charge in [0.2, 0.25) is 0 Å². The third-order valence-electron chi connectivity index (χ3n) is 2.68. The van der Waals surface area contributed by atoms with Crippen LogP contribution >= 0.6 is 11.6 Å². The zero-order valence-electron chi connectivity index (χ0n) is 9.76. The minimum absolute atomic E-state index is 0.687. The second kappa shape index (κ2) is 4.31. The maximum absolute atomic E-state index is 6.20. The maximum Gasteiger partial charge on any atom is 0.157 e. The normalized spacial score (nSPS) is 10.8.